The second-order valence-electron chi connectivity index (χ2n) is 2.93. The summed E-state index contributed by atoms with van der Waals surface area (Å²) in [5, 5.41) is 11.9. The molecular formula is C10H6ClN3O. The van der Waals surface area contributed by atoms with Crippen LogP contribution in [0.15, 0.2) is 35.1 Å². The fourth-order valence-electron chi connectivity index (χ4n) is 1.24. The molecule has 74 valence electrons. The predicted octanol–water partition coefficient (Wildman–Crippen LogP) is 1.69. The number of aromatic nitrogens is 2. The van der Waals surface area contributed by atoms with Gasteiger partial charge >= 0.3 is 0 Å². The number of rotatable bonds is 1. The number of benzene rings is 1. The fourth-order valence-corrected chi connectivity index (χ4v) is 1.36. The van der Waals surface area contributed by atoms with Gasteiger partial charge in [0.15, 0.2) is 0 Å². The Morgan fingerprint density at radius 1 is 1.33 bits per heavy atom. The van der Waals surface area contributed by atoms with Crippen LogP contribution < -0.4 is 5.56 Å². The van der Waals surface area contributed by atoms with Crippen LogP contribution in [0.4, 0.5) is 0 Å². The SMILES string of the molecule is N#Cc1cc(=O)n(-c2ccc(Cl)cc2)[nH]1. The molecule has 0 amide bonds. The molecule has 0 atom stereocenters. The summed E-state index contributed by atoms with van der Waals surface area (Å²) in [5.74, 6) is 0. The Morgan fingerprint density at radius 3 is 2.53 bits per heavy atom. The minimum Gasteiger partial charge on any atom is -0.281 e. The monoisotopic (exact) mass is 219 g/mol. The minimum absolute atomic E-state index is 0.231. The normalized spacial score (nSPS) is 9.87. The number of nitrogens with zero attached hydrogens (tertiary/aromatic N) is 2. The highest BCUT2D eigenvalue weighted by Crippen LogP contribution is 2.11. The van der Waals surface area contributed by atoms with Crippen LogP contribution in [0.25, 0.3) is 5.69 Å². The predicted molar refractivity (Wildman–Crippen MR) is 56.1 cm³/mol. The fraction of sp³-hybridized carbons (Fsp3) is 0. The standard InChI is InChI=1S/C10H6ClN3O/c11-7-1-3-9(4-2-7)14-10(15)5-8(6-12)13-14/h1-5,13H. The maximum absolute atomic E-state index is 11.4. The summed E-state index contributed by atoms with van der Waals surface area (Å²) >= 11 is 5.72. The van der Waals surface area contributed by atoms with Gasteiger partial charge in [-0.05, 0) is 24.3 Å². The van der Waals surface area contributed by atoms with E-state index in [1.807, 2.05) is 6.07 Å². The summed E-state index contributed by atoms with van der Waals surface area (Å²) in [5.41, 5.74) is 0.606. The van der Waals surface area contributed by atoms with E-state index in [0.29, 0.717) is 10.7 Å². The first-order valence-corrected chi connectivity index (χ1v) is 4.56. The molecule has 4 nitrogen and oxygen atoms in total. The molecule has 1 aromatic carbocycles. The molecule has 15 heavy (non-hydrogen) atoms. The molecule has 5 heteroatoms. The second-order valence-corrected chi connectivity index (χ2v) is 3.37. The van der Waals surface area contributed by atoms with Crippen molar-refractivity contribution in [3.8, 4) is 11.8 Å². The minimum atomic E-state index is -0.270. The number of nitrogens with one attached hydrogen (secondary N) is 1. The van der Waals surface area contributed by atoms with E-state index < -0.39 is 0 Å². The van der Waals surface area contributed by atoms with Gasteiger partial charge in [0.2, 0.25) is 0 Å². The van der Waals surface area contributed by atoms with Crippen LogP contribution in [-0.2, 0) is 0 Å². The van der Waals surface area contributed by atoms with Crippen LogP contribution in [0, 0.1) is 11.3 Å². The summed E-state index contributed by atoms with van der Waals surface area (Å²) in [6.45, 7) is 0. The van der Waals surface area contributed by atoms with Crippen LogP contribution in [0.1, 0.15) is 5.69 Å². The second kappa shape index (κ2) is 3.64. The van der Waals surface area contributed by atoms with E-state index in [2.05, 4.69) is 5.10 Å². The van der Waals surface area contributed by atoms with Gasteiger partial charge in [-0.25, -0.2) is 4.68 Å². The first kappa shape index (κ1) is 9.56. The maximum Gasteiger partial charge on any atom is 0.272 e. The molecule has 0 aliphatic heterocycles. The maximum atomic E-state index is 11.4. The Morgan fingerprint density at radius 2 is 2.00 bits per heavy atom. The zero-order valence-corrected chi connectivity index (χ0v) is 8.32. The molecular weight excluding hydrogens is 214 g/mol. The topological polar surface area (TPSA) is 61.6 Å². The highest BCUT2D eigenvalue weighted by atomic mass is 35.5. The average Bonchev–Trinajstić information content (AvgIpc) is 2.61. The number of aromatic amines is 1. The van der Waals surface area contributed by atoms with Gasteiger partial charge in [0.1, 0.15) is 11.8 Å². The molecule has 1 N–H and O–H groups in total. The van der Waals surface area contributed by atoms with Gasteiger partial charge in [0.25, 0.3) is 5.56 Å². The Hall–Kier alpha value is -1.99. The summed E-state index contributed by atoms with van der Waals surface area (Å²) in [4.78, 5) is 11.4. The number of hydrogen-bond acceptors (Lipinski definition) is 2. The zero-order valence-electron chi connectivity index (χ0n) is 7.57. The highest BCUT2D eigenvalue weighted by Gasteiger charge is 2.03. The summed E-state index contributed by atoms with van der Waals surface area (Å²) in [6, 6.07) is 9.86. The van der Waals surface area contributed by atoms with E-state index in [1.54, 1.807) is 24.3 Å². The Bertz CT molecular complexity index is 574. The third-order valence-corrected chi connectivity index (χ3v) is 2.18. The first-order valence-electron chi connectivity index (χ1n) is 4.19. The Labute approximate surface area is 90.3 Å². The van der Waals surface area contributed by atoms with E-state index in [4.69, 9.17) is 16.9 Å². The number of nitriles is 1. The molecule has 2 rings (SSSR count). The van der Waals surface area contributed by atoms with Crippen molar-refractivity contribution in [3.05, 3.63) is 51.4 Å². The molecule has 0 aliphatic carbocycles. The van der Waals surface area contributed by atoms with Crippen LogP contribution in [0.2, 0.25) is 5.02 Å². The average molecular weight is 220 g/mol. The molecule has 0 saturated heterocycles. The quantitative estimate of drug-likeness (QED) is 0.794. The molecule has 1 heterocycles. The van der Waals surface area contributed by atoms with E-state index in [-0.39, 0.29) is 11.3 Å². The van der Waals surface area contributed by atoms with Gasteiger partial charge in [0.05, 0.1) is 5.69 Å². The third kappa shape index (κ3) is 1.78. The lowest BCUT2D eigenvalue weighted by Gasteiger charge is -2.00. The number of hydrogen-bond donors (Lipinski definition) is 1. The molecule has 0 aliphatic rings. The molecule has 2 aromatic rings. The van der Waals surface area contributed by atoms with E-state index >= 15 is 0 Å². The van der Waals surface area contributed by atoms with Crippen molar-refractivity contribution in [2.24, 2.45) is 0 Å². The molecule has 0 bridgehead atoms. The largest absolute Gasteiger partial charge is 0.281 e. The van der Waals surface area contributed by atoms with E-state index in [1.165, 1.54) is 10.7 Å². The lowest BCUT2D eigenvalue weighted by atomic mass is 10.3. The summed E-state index contributed by atoms with van der Waals surface area (Å²) in [6.07, 6.45) is 0. The molecule has 1 aromatic heterocycles. The smallest absolute Gasteiger partial charge is 0.272 e. The highest BCUT2D eigenvalue weighted by molar-refractivity contribution is 6.30. The number of halogens is 1. The van der Waals surface area contributed by atoms with Gasteiger partial charge in [-0.3, -0.25) is 9.89 Å². The molecule has 0 unspecified atom stereocenters. The molecule has 0 fully saturated rings. The van der Waals surface area contributed by atoms with Crippen LogP contribution in [-0.4, -0.2) is 9.78 Å². The third-order valence-electron chi connectivity index (χ3n) is 1.93. The summed E-state index contributed by atoms with van der Waals surface area (Å²) < 4.78 is 1.29. The van der Waals surface area contributed by atoms with Crippen molar-refractivity contribution in [1.82, 2.24) is 9.78 Å². The van der Waals surface area contributed by atoms with Gasteiger partial charge < -0.3 is 0 Å². The van der Waals surface area contributed by atoms with Crippen molar-refractivity contribution in [2.45, 2.75) is 0 Å². The van der Waals surface area contributed by atoms with Crippen molar-refractivity contribution in [2.75, 3.05) is 0 Å². The zero-order chi connectivity index (χ0) is 10.8. The first-order chi connectivity index (χ1) is 7.20. The van der Waals surface area contributed by atoms with Crippen LogP contribution in [0.3, 0.4) is 0 Å². The number of H-pyrrole nitrogens is 1. The van der Waals surface area contributed by atoms with Crippen molar-refractivity contribution >= 4 is 11.6 Å². The summed E-state index contributed by atoms with van der Waals surface area (Å²) in [7, 11) is 0. The molecule has 0 spiro atoms. The Kier molecular flexibility index (Phi) is 2.32. The van der Waals surface area contributed by atoms with Gasteiger partial charge in [-0.1, -0.05) is 11.6 Å². The van der Waals surface area contributed by atoms with Gasteiger partial charge in [0, 0.05) is 11.1 Å². The van der Waals surface area contributed by atoms with Crippen LogP contribution in [0.5, 0.6) is 0 Å². The molecule has 0 radical (unpaired) electrons. The van der Waals surface area contributed by atoms with Crippen molar-refractivity contribution in [3.63, 3.8) is 0 Å². The van der Waals surface area contributed by atoms with Crippen LogP contribution >= 0.6 is 11.6 Å². The van der Waals surface area contributed by atoms with Crippen molar-refractivity contribution < 1.29 is 0 Å². The van der Waals surface area contributed by atoms with Gasteiger partial charge in [-0.2, -0.15) is 5.26 Å². The molecule has 0 saturated carbocycles. The Balaban J connectivity index is 2.55. The lowest BCUT2D eigenvalue weighted by Crippen LogP contribution is -2.13. The van der Waals surface area contributed by atoms with Gasteiger partial charge in [-0.15, -0.1) is 0 Å². The van der Waals surface area contributed by atoms with E-state index in [9.17, 15) is 4.79 Å². The lowest BCUT2D eigenvalue weighted by molar-refractivity contribution is 0.844. The van der Waals surface area contributed by atoms with E-state index in [0.717, 1.165) is 0 Å². The van der Waals surface area contributed by atoms with Crippen molar-refractivity contribution in [1.29, 1.82) is 5.26 Å².